The number of nitrogens with zero attached hydrogens (tertiary/aromatic N) is 1. The summed E-state index contributed by atoms with van der Waals surface area (Å²) in [5, 5.41) is 2.87. The van der Waals surface area contributed by atoms with E-state index in [1.165, 1.54) is 24.4 Å². The normalized spacial score (nSPS) is 11.1. The first-order valence-electron chi connectivity index (χ1n) is 6.04. The van der Waals surface area contributed by atoms with Gasteiger partial charge in [-0.1, -0.05) is 11.6 Å². The van der Waals surface area contributed by atoms with Crippen LogP contribution in [0.5, 0.6) is 5.75 Å². The third-order valence-electron chi connectivity index (χ3n) is 2.63. The Labute approximate surface area is 128 Å². The molecule has 22 heavy (non-hydrogen) atoms. The minimum absolute atomic E-state index is 0.242. The van der Waals surface area contributed by atoms with Crippen LogP contribution in [-0.2, 0) is 0 Å². The summed E-state index contributed by atoms with van der Waals surface area (Å²) in [5.41, 5.74) is 1.15. The van der Waals surface area contributed by atoms with Crippen LogP contribution in [0.3, 0.4) is 0 Å². The number of rotatable bonds is 3. The van der Waals surface area contributed by atoms with E-state index in [0.717, 1.165) is 12.1 Å². The van der Waals surface area contributed by atoms with Crippen LogP contribution in [0.15, 0.2) is 36.5 Å². The van der Waals surface area contributed by atoms with E-state index in [-0.39, 0.29) is 11.3 Å². The van der Waals surface area contributed by atoms with Crippen LogP contribution in [0.2, 0.25) is 5.02 Å². The number of halogens is 4. The van der Waals surface area contributed by atoms with E-state index in [1.807, 2.05) is 0 Å². The second-order valence-corrected chi connectivity index (χ2v) is 4.72. The number of hydrogen-bond acceptors (Lipinski definition) is 3. The van der Waals surface area contributed by atoms with Gasteiger partial charge in [-0.05, 0) is 37.3 Å². The molecular weight excluding hydrogens is 321 g/mol. The molecule has 1 N–H and O–H groups in total. The van der Waals surface area contributed by atoms with Gasteiger partial charge in [0.2, 0.25) is 0 Å². The number of ether oxygens (including phenoxy) is 1. The van der Waals surface area contributed by atoms with Crippen molar-refractivity contribution in [1.29, 1.82) is 0 Å². The number of nitrogens with one attached hydrogen (secondary N) is 1. The lowest BCUT2D eigenvalue weighted by atomic mass is 10.2. The molecule has 0 fully saturated rings. The molecule has 0 aliphatic rings. The van der Waals surface area contributed by atoms with Crippen LogP contribution in [0.25, 0.3) is 0 Å². The molecule has 116 valence electrons. The summed E-state index contributed by atoms with van der Waals surface area (Å²) < 4.78 is 39.8. The molecule has 8 heteroatoms. The quantitative estimate of drug-likeness (QED) is 0.918. The Balaban J connectivity index is 2.07. The third kappa shape index (κ3) is 4.36. The SMILES string of the molecule is Cc1ncc(C(=O)Nc2ccc(OC(F)(F)F)cc2)cc1Cl. The molecule has 0 saturated heterocycles. The smallest absolute Gasteiger partial charge is 0.406 e. The van der Waals surface area contributed by atoms with Crippen molar-refractivity contribution in [3.8, 4) is 5.75 Å². The van der Waals surface area contributed by atoms with Crippen molar-refractivity contribution >= 4 is 23.2 Å². The van der Waals surface area contributed by atoms with Crippen molar-refractivity contribution in [2.45, 2.75) is 13.3 Å². The lowest BCUT2D eigenvalue weighted by molar-refractivity contribution is -0.274. The van der Waals surface area contributed by atoms with E-state index in [1.54, 1.807) is 6.92 Å². The number of carbonyl (C=O) groups excluding carboxylic acids is 1. The molecule has 0 aliphatic carbocycles. The predicted octanol–water partition coefficient (Wildman–Crippen LogP) is 4.19. The number of benzene rings is 1. The number of anilines is 1. The van der Waals surface area contributed by atoms with Gasteiger partial charge in [-0.2, -0.15) is 0 Å². The maximum Gasteiger partial charge on any atom is 0.573 e. The first kappa shape index (κ1) is 16.1. The van der Waals surface area contributed by atoms with Crippen LogP contribution < -0.4 is 10.1 Å². The van der Waals surface area contributed by atoms with Crippen LogP contribution in [0.4, 0.5) is 18.9 Å². The first-order valence-corrected chi connectivity index (χ1v) is 6.42. The minimum Gasteiger partial charge on any atom is -0.406 e. The summed E-state index contributed by atoms with van der Waals surface area (Å²) in [7, 11) is 0. The van der Waals surface area contributed by atoms with Gasteiger partial charge in [0.25, 0.3) is 5.91 Å². The second-order valence-electron chi connectivity index (χ2n) is 4.32. The Bertz CT molecular complexity index is 687. The van der Waals surface area contributed by atoms with E-state index >= 15 is 0 Å². The molecule has 2 rings (SSSR count). The monoisotopic (exact) mass is 330 g/mol. The molecule has 0 radical (unpaired) electrons. The van der Waals surface area contributed by atoms with E-state index < -0.39 is 12.3 Å². The highest BCUT2D eigenvalue weighted by molar-refractivity contribution is 6.31. The van der Waals surface area contributed by atoms with E-state index in [9.17, 15) is 18.0 Å². The summed E-state index contributed by atoms with van der Waals surface area (Å²) in [5.74, 6) is -0.843. The number of pyridine rings is 1. The van der Waals surface area contributed by atoms with E-state index in [2.05, 4.69) is 15.0 Å². The van der Waals surface area contributed by atoms with Crippen molar-refractivity contribution in [1.82, 2.24) is 4.98 Å². The summed E-state index contributed by atoms with van der Waals surface area (Å²) in [4.78, 5) is 15.9. The largest absolute Gasteiger partial charge is 0.573 e. The van der Waals surface area contributed by atoms with Crippen molar-refractivity contribution in [3.05, 3.63) is 52.8 Å². The van der Waals surface area contributed by atoms with Gasteiger partial charge in [-0.25, -0.2) is 0 Å². The summed E-state index contributed by atoms with van der Waals surface area (Å²) in [6.07, 6.45) is -3.40. The van der Waals surface area contributed by atoms with Crippen molar-refractivity contribution in [2.24, 2.45) is 0 Å². The molecule has 0 aliphatic heterocycles. The number of alkyl halides is 3. The average molecular weight is 331 g/mol. The number of hydrogen-bond donors (Lipinski definition) is 1. The molecule has 1 aromatic heterocycles. The zero-order chi connectivity index (χ0) is 16.3. The topological polar surface area (TPSA) is 51.2 Å². The molecular formula is C14H10ClF3N2O2. The Kier molecular flexibility index (Phi) is 4.56. The van der Waals surface area contributed by atoms with Gasteiger partial charge >= 0.3 is 6.36 Å². The van der Waals surface area contributed by atoms with Gasteiger partial charge in [-0.3, -0.25) is 9.78 Å². The Morgan fingerprint density at radius 2 is 1.91 bits per heavy atom. The van der Waals surface area contributed by atoms with Crippen LogP contribution in [0, 0.1) is 6.92 Å². The fourth-order valence-electron chi connectivity index (χ4n) is 1.57. The maximum atomic E-state index is 12.0. The third-order valence-corrected chi connectivity index (χ3v) is 3.02. The van der Waals surface area contributed by atoms with Crippen molar-refractivity contribution in [3.63, 3.8) is 0 Å². The fourth-order valence-corrected chi connectivity index (χ4v) is 1.74. The Morgan fingerprint density at radius 3 is 2.45 bits per heavy atom. The predicted molar refractivity (Wildman–Crippen MR) is 75.1 cm³/mol. The summed E-state index contributed by atoms with van der Waals surface area (Å²) in [6, 6.07) is 6.25. The van der Waals surface area contributed by atoms with Crippen LogP contribution in [-0.4, -0.2) is 17.3 Å². The summed E-state index contributed by atoms with van der Waals surface area (Å²) >= 11 is 5.88. The number of aromatic nitrogens is 1. The van der Waals surface area contributed by atoms with Gasteiger partial charge in [0.15, 0.2) is 0 Å². The highest BCUT2D eigenvalue weighted by Crippen LogP contribution is 2.24. The molecule has 1 aromatic carbocycles. The van der Waals surface area contributed by atoms with Crippen molar-refractivity contribution < 1.29 is 22.7 Å². The lowest BCUT2D eigenvalue weighted by Crippen LogP contribution is -2.17. The van der Waals surface area contributed by atoms with E-state index in [0.29, 0.717) is 16.4 Å². The Hall–Kier alpha value is -2.28. The minimum atomic E-state index is -4.75. The maximum absolute atomic E-state index is 12.0. The number of aryl methyl sites for hydroxylation is 1. The van der Waals surface area contributed by atoms with Gasteiger partial charge in [-0.15, -0.1) is 13.2 Å². The summed E-state index contributed by atoms with van der Waals surface area (Å²) in [6.45, 7) is 1.70. The highest BCUT2D eigenvalue weighted by atomic mass is 35.5. The van der Waals surface area contributed by atoms with Gasteiger partial charge in [0.1, 0.15) is 5.75 Å². The van der Waals surface area contributed by atoms with E-state index in [4.69, 9.17) is 11.6 Å². The molecule has 0 bridgehead atoms. The van der Waals surface area contributed by atoms with Crippen molar-refractivity contribution in [2.75, 3.05) is 5.32 Å². The highest BCUT2D eigenvalue weighted by Gasteiger charge is 2.30. The molecule has 0 saturated carbocycles. The lowest BCUT2D eigenvalue weighted by Gasteiger charge is -2.10. The second kappa shape index (κ2) is 6.23. The zero-order valence-electron chi connectivity index (χ0n) is 11.2. The average Bonchev–Trinajstić information content (AvgIpc) is 2.42. The standard InChI is InChI=1S/C14H10ClF3N2O2/c1-8-12(15)6-9(7-19-8)13(21)20-10-2-4-11(5-3-10)22-14(16,17)18/h2-7H,1H3,(H,20,21). The van der Waals surface area contributed by atoms with Gasteiger partial charge in [0, 0.05) is 11.9 Å². The zero-order valence-corrected chi connectivity index (χ0v) is 12.0. The first-order chi connectivity index (χ1) is 10.2. The number of amides is 1. The molecule has 0 atom stereocenters. The van der Waals surface area contributed by atoms with Gasteiger partial charge in [0.05, 0.1) is 16.3 Å². The molecule has 4 nitrogen and oxygen atoms in total. The molecule has 0 unspecified atom stereocenters. The molecule has 1 amide bonds. The fraction of sp³-hybridized carbons (Fsp3) is 0.143. The Morgan fingerprint density at radius 1 is 1.27 bits per heavy atom. The van der Waals surface area contributed by atoms with Crippen LogP contribution in [0.1, 0.15) is 16.1 Å². The molecule has 1 heterocycles. The van der Waals surface area contributed by atoms with Gasteiger partial charge < -0.3 is 10.1 Å². The molecule has 0 spiro atoms. The number of carbonyl (C=O) groups is 1. The van der Waals surface area contributed by atoms with Crippen LogP contribution >= 0.6 is 11.6 Å². The molecule has 2 aromatic rings.